The summed E-state index contributed by atoms with van der Waals surface area (Å²) in [6.45, 7) is 0.0523. The smallest absolute Gasteiger partial charge is 0.419 e. The summed E-state index contributed by atoms with van der Waals surface area (Å²) >= 11 is 0. The third-order valence-electron chi connectivity index (χ3n) is 5.17. The van der Waals surface area contributed by atoms with Gasteiger partial charge in [0.05, 0.1) is 12.1 Å². The van der Waals surface area contributed by atoms with Crippen molar-refractivity contribution in [2.45, 2.75) is 12.1 Å². The number of benzene rings is 3. The van der Waals surface area contributed by atoms with E-state index in [9.17, 15) is 22.4 Å². The van der Waals surface area contributed by atoms with E-state index in [1.807, 2.05) is 48.5 Å². The standard InChI is InChI=1S/C25H17F4NO2/c26-23-14-16(11-12-22(23)25(27,28)29)6-5-13-30-24(31)32-15-21-19-9-3-1-7-17(19)18-8-2-4-10-20(18)21/h1-4,7-12,14,21H,13,15H2,(H,30,31). The third-order valence-corrected chi connectivity index (χ3v) is 5.17. The molecule has 0 spiro atoms. The van der Waals surface area contributed by atoms with Crippen LogP contribution in [0, 0.1) is 17.7 Å². The number of fused-ring (bicyclic) bond motifs is 3. The van der Waals surface area contributed by atoms with Gasteiger partial charge in [0.2, 0.25) is 0 Å². The number of ether oxygens (including phenoxy) is 1. The van der Waals surface area contributed by atoms with Gasteiger partial charge in [0.25, 0.3) is 0 Å². The summed E-state index contributed by atoms with van der Waals surface area (Å²) < 4.78 is 56.7. The second-order valence-corrected chi connectivity index (χ2v) is 7.17. The van der Waals surface area contributed by atoms with E-state index in [2.05, 4.69) is 17.2 Å². The van der Waals surface area contributed by atoms with Gasteiger partial charge in [0, 0.05) is 11.5 Å². The van der Waals surface area contributed by atoms with Crippen molar-refractivity contribution in [1.29, 1.82) is 0 Å². The molecule has 3 aromatic rings. The van der Waals surface area contributed by atoms with Crippen LogP contribution in [-0.2, 0) is 10.9 Å². The van der Waals surface area contributed by atoms with Crippen molar-refractivity contribution in [3.8, 4) is 23.0 Å². The molecule has 32 heavy (non-hydrogen) atoms. The number of carbonyl (C=O) groups is 1. The number of amides is 1. The first-order valence-electron chi connectivity index (χ1n) is 9.79. The molecule has 4 rings (SSSR count). The maximum Gasteiger partial charge on any atom is 0.419 e. The number of nitrogens with one attached hydrogen (secondary N) is 1. The Bertz CT molecular complexity index is 1180. The quantitative estimate of drug-likeness (QED) is 0.418. The van der Waals surface area contributed by atoms with Crippen molar-refractivity contribution in [3.63, 3.8) is 0 Å². The van der Waals surface area contributed by atoms with Crippen molar-refractivity contribution in [2.75, 3.05) is 13.2 Å². The average molecular weight is 439 g/mol. The molecule has 0 atom stereocenters. The molecule has 0 saturated heterocycles. The Morgan fingerprint density at radius 3 is 2.19 bits per heavy atom. The van der Waals surface area contributed by atoms with E-state index in [1.54, 1.807) is 0 Å². The monoisotopic (exact) mass is 439 g/mol. The predicted octanol–water partition coefficient (Wildman–Crippen LogP) is 5.73. The Labute approximate surface area is 182 Å². The van der Waals surface area contributed by atoms with Crippen LogP contribution in [0.25, 0.3) is 11.1 Å². The second kappa shape index (κ2) is 8.75. The second-order valence-electron chi connectivity index (χ2n) is 7.17. The molecule has 0 fully saturated rings. The van der Waals surface area contributed by atoms with Crippen LogP contribution in [-0.4, -0.2) is 19.2 Å². The molecule has 7 heteroatoms. The fourth-order valence-electron chi connectivity index (χ4n) is 3.73. The molecular weight excluding hydrogens is 422 g/mol. The molecule has 0 unspecified atom stereocenters. The zero-order valence-electron chi connectivity index (χ0n) is 16.7. The molecule has 3 nitrogen and oxygen atoms in total. The highest BCUT2D eigenvalue weighted by Crippen LogP contribution is 2.44. The van der Waals surface area contributed by atoms with Gasteiger partial charge >= 0.3 is 12.3 Å². The normalized spacial score (nSPS) is 12.4. The van der Waals surface area contributed by atoms with Gasteiger partial charge in [-0.2, -0.15) is 13.2 Å². The van der Waals surface area contributed by atoms with Crippen LogP contribution >= 0.6 is 0 Å². The van der Waals surface area contributed by atoms with E-state index in [-0.39, 0.29) is 24.6 Å². The van der Waals surface area contributed by atoms with E-state index in [0.717, 1.165) is 28.3 Å². The van der Waals surface area contributed by atoms with Gasteiger partial charge in [-0.25, -0.2) is 9.18 Å². The average Bonchev–Trinajstić information content (AvgIpc) is 3.08. The molecule has 0 aromatic heterocycles. The predicted molar refractivity (Wildman–Crippen MR) is 111 cm³/mol. The number of halogens is 4. The molecule has 3 aromatic carbocycles. The largest absolute Gasteiger partial charge is 0.449 e. The number of alkyl carbamates (subject to hydrolysis) is 1. The van der Waals surface area contributed by atoms with Gasteiger partial charge in [-0.15, -0.1) is 0 Å². The molecule has 1 aliphatic rings. The Balaban J connectivity index is 1.33. The number of alkyl halides is 3. The van der Waals surface area contributed by atoms with Crippen LogP contribution in [0.2, 0.25) is 0 Å². The molecule has 0 saturated carbocycles. The lowest BCUT2D eigenvalue weighted by atomic mass is 9.98. The van der Waals surface area contributed by atoms with E-state index in [0.29, 0.717) is 12.1 Å². The van der Waals surface area contributed by atoms with Crippen molar-refractivity contribution in [2.24, 2.45) is 0 Å². The van der Waals surface area contributed by atoms with E-state index in [4.69, 9.17) is 4.74 Å². The maximum absolute atomic E-state index is 13.6. The highest BCUT2D eigenvalue weighted by Gasteiger charge is 2.33. The Kier molecular flexibility index (Phi) is 5.87. The van der Waals surface area contributed by atoms with Crippen molar-refractivity contribution in [3.05, 3.63) is 94.8 Å². The lowest BCUT2D eigenvalue weighted by Gasteiger charge is -2.14. The number of carbonyl (C=O) groups excluding carboxylic acids is 1. The number of hydrogen-bond donors (Lipinski definition) is 1. The summed E-state index contributed by atoms with van der Waals surface area (Å²) in [7, 11) is 0. The molecule has 1 aliphatic carbocycles. The molecule has 1 amide bonds. The van der Waals surface area contributed by atoms with Crippen molar-refractivity contribution >= 4 is 6.09 Å². The summed E-state index contributed by atoms with van der Waals surface area (Å²) in [6.07, 6.45) is -5.43. The minimum Gasteiger partial charge on any atom is -0.449 e. The first-order chi connectivity index (χ1) is 15.3. The van der Waals surface area contributed by atoms with Gasteiger partial charge in [0.15, 0.2) is 0 Å². The Morgan fingerprint density at radius 1 is 0.969 bits per heavy atom. The molecule has 162 valence electrons. The van der Waals surface area contributed by atoms with E-state index in [1.165, 1.54) is 0 Å². The van der Waals surface area contributed by atoms with Crippen molar-refractivity contribution in [1.82, 2.24) is 5.32 Å². The van der Waals surface area contributed by atoms with Crippen LogP contribution < -0.4 is 5.32 Å². The molecule has 0 heterocycles. The summed E-state index contributed by atoms with van der Waals surface area (Å²) in [5, 5.41) is 2.47. The highest BCUT2D eigenvalue weighted by atomic mass is 19.4. The van der Waals surface area contributed by atoms with Gasteiger partial charge < -0.3 is 10.1 Å². The fourth-order valence-corrected chi connectivity index (χ4v) is 3.73. The molecule has 0 radical (unpaired) electrons. The van der Waals surface area contributed by atoms with Crippen LogP contribution in [0.15, 0.2) is 66.7 Å². The van der Waals surface area contributed by atoms with Crippen LogP contribution in [0.1, 0.15) is 28.2 Å². The van der Waals surface area contributed by atoms with E-state index >= 15 is 0 Å². The molecule has 0 aliphatic heterocycles. The van der Waals surface area contributed by atoms with Crippen LogP contribution in [0.4, 0.5) is 22.4 Å². The maximum atomic E-state index is 13.6. The summed E-state index contributed by atoms with van der Waals surface area (Å²) in [5.41, 5.74) is 3.14. The first kappa shape index (κ1) is 21.4. The fraction of sp³-hybridized carbons (Fsp3) is 0.160. The SMILES string of the molecule is O=C(NCC#Cc1ccc(C(F)(F)F)c(F)c1)OCC1c2ccccc2-c2ccccc21. The lowest BCUT2D eigenvalue weighted by Crippen LogP contribution is -2.26. The first-order valence-corrected chi connectivity index (χ1v) is 9.79. The van der Waals surface area contributed by atoms with Crippen LogP contribution in [0.5, 0.6) is 0 Å². The number of hydrogen-bond acceptors (Lipinski definition) is 2. The molecule has 0 bridgehead atoms. The Hall–Kier alpha value is -3.79. The summed E-state index contributed by atoms with van der Waals surface area (Å²) in [6, 6.07) is 18.3. The summed E-state index contributed by atoms with van der Waals surface area (Å²) in [4.78, 5) is 12.1. The van der Waals surface area contributed by atoms with Gasteiger partial charge in [0.1, 0.15) is 12.4 Å². The zero-order valence-corrected chi connectivity index (χ0v) is 16.7. The topological polar surface area (TPSA) is 38.3 Å². The van der Waals surface area contributed by atoms with Gasteiger partial charge in [-0.05, 0) is 40.5 Å². The van der Waals surface area contributed by atoms with E-state index < -0.39 is 23.7 Å². The van der Waals surface area contributed by atoms with Crippen molar-refractivity contribution < 1.29 is 27.1 Å². The number of rotatable bonds is 3. The lowest BCUT2D eigenvalue weighted by molar-refractivity contribution is -0.140. The minimum atomic E-state index is -4.76. The summed E-state index contributed by atoms with van der Waals surface area (Å²) in [5.74, 6) is 3.61. The minimum absolute atomic E-state index is 0.0739. The van der Waals surface area contributed by atoms with Gasteiger partial charge in [-0.1, -0.05) is 60.4 Å². The molecule has 1 N–H and O–H groups in total. The van der Waals surface area contributed by atoms with Gasteiger partial charge in [-0.3, -0.25) is 0 Å². The Morgan fingerprint density at radius 2 is 1.59 bits per heavy atom. The highest BCUT2D eigenvalue weighted by molar-refractivity contribution is 5.79. The zero-order chi connectivity index (χ0) is 22.7. The third kappa shape index (κ3) is 4.45. The van der Waals surface area contributed by atoms with Crippen LogP contribution in [0.3, 0.4) is 0 Å². The molecular formula is C25H17F4NO2.